The third-order valence-electron chi connectivity index (χ3n) is 3.58. The lowest BCUT2D eigenvalue weighted by Crippen LogP contribution is -2.35. The Kier molecular flexibility index (Phi) is 3.91. The van der Waals surface area contributed by atoms with E-state index in [0.29, 0.717) is 0 Å². The van der Waals surface area contributed by atoms with E-state index in [2.05, 4.69) is 22.9 Å². The van der Waals surface area contributed by atoms with Crippen molar-refractivity contribution in [2.24, 2.45) is 11.7 Å². The van der Waals surface area contributed by atoms with Crippen molar-refractivity contribution >= 4 is 0 Å². The topological polar surface area (TPSA) is 42.2 Å². The molecule has 16 heavy (non-hydrogen) atoms. The molecule has 1 aliphatic heterocycles. The summed E-state index contributed by atoms with van der Waals surface area (Å²) < 4.78 is 0. The first-order valence-electron chi connectivity index (χ1n) is 6.11. The molecule has 1 aromatic rings. The van der Waals surface area contributed by atoms with Gasteiger partial charge in [-0.3, -0.25) is 9.88 Å². The molecule has 0 spiro atoms. The van der Waals surface area contributed by atoms with Crippen molar-refractivity contribution in [2.75, 3.05) is 19.6 Å². The molecule has 0 saturated carbocycles. The zero-order valence-electron chi connectivity index (χ0n) is 10.0. The Balaban J connectivity index is 1.89. The number of hydrogen-bond acceptors (Lipinski definition) is 3. The van der Waals surface area contributed by atoms with Gasteiger partial charge in [-0.1, -0.05) is 0 Å². The van der Waals surface area contributed by atoms with Crippen molar-refractivity contribution in [3.63, 3.8) is 0 Å². The van der Waals surface area contributed by atoms with Crippen LogP contribution in [-0.4, -0.2) is 29.5 Å². The summed E-state index contributed by atoms with van der Waals surface area (Å²) in [4.78, 5) is 6.71. The molecule has 1 aromatic heterocycles. The fourth-order valence-electron chi connectivity index (χ4n) is 2.28. The molecule has 88 valence electrons. The van der Waals surface area contributed by atoms with E-state index >= 15 is 0 Å². The summed E-state index contributed by atoms with van der Waals surface area (Å²) in [7, 11) is 0. The molecule has 1 saturated heterocycles. The number of nitrogens with zero attached hydrogens (tertiary/aromatic N) is 2. The first kappa shape index (κ1) is 11.6. The zero-order valence-corrected chi connectivity index (χ0v) is 10.0. The van der Waals surface area contributed by atoms with Crippen LogP contribution in [0.1, 0.15) is 24.0 Å². The number of aryl methyl sites for hydroxylation is 1. The third kappa shape index (κ3) is 2.80. The summed E-state index contributed by atoms with van der Waals surface area (Å²) in [6, 6.07) is 2.09. The molecule has 0 aromatic carbocycles. The molecule has 0 bridgehead atoms. The standard InChI is InChI=1S/C13H21N3/c1-11-2-5-15-9-13(11)10-16-6-3-12(8-14)4-7-16/h2,5,9,12H,3-4,6-8,10,14H2,1H3. The van der Waals surface area contributed by atoms with Gasteiger partial charge in [-0.15, -0.1) is 0 Å². The van der Waals surface area contributed by atoms with Crippen LogP contribution in [0.2, 0.25) is 0 Å². The van der Waals surface area contributed by atoms with Crippen molar-refractivity contribution in [1.82, 2.24) is 9.88 Å². The average molecular weight is 219 g/mol. The number of aromatic nitrogens is 1. The molecule has 2 N–H and O–H groups in total. The summed E-state index contributed by atoms with van der Waals surface area (Å²) >= 11 is 0. The van der Waals surface area contributed by atoms with E-state index in [1.54, 1.807) is 0 Å². The normalized spacial score (nSPS) is 18.9. The fraction of sp³-hybridized carbons (Fsp3) is 0.615. The predicted molar refractivity (Wildman–Crippen MR) is 66.0 cm³/mol. The summed E-state index contributed by atoms with van der Waals surface area (Å²) in [5.74, 6) is 0.742. The molecule has 1 fully saturated rings. The maximum absolute atomic E-state index is 5.70. The van der Waals surface area contributed by atoms with Gasteiger partial charge in [0.15, 0.2) is 0 Å². The van der Waals surface area contributed by atoms with Crippen molar-refractivity contribution in [3.8, 4) is 0 Å². The van der Waals surface area contributed by atoms with Crippen molar-refractivity contribution < 1.29 is 0 Å². The van der Waals surface area contributed by atoms with Gasteiger partial charge in [-0.2, -0.15) is 0 Å². The number of pyridine rings is 1. The Bertz CT molecular complexity index is 330. The smallest absolute Gasteiger partial charge is 0.0315 e. The molecule has 3 nitrogen and oxygen atoms in total. The first-order chi connectivity index (χ1) is 7.79. The summed E-state index contributed by atoms with van der Waals surface area (Å²) in [6.07, 6.45) is 6.34. The van der Waals surface area contributed by atoms with Gasteiger partial charge >= 0.3 is 0 Å². The molecule has 0 unspecified atom stereocenters. The Morgan fingerprint density at radius 3 is 2.81 bits per heavy atom. The van der Waals surface area contributed by atoms with Gasteiger partial charge in [0.2, 0.25) is 0 Å². The highest BCUT2D eigenvalue weighted by Gasteiger charge is 2.18. The Morgan fingerprint density at radius 2 is 2.19 bits per heavy atom. The molecule has 1 aliphatic rings. The fourth-order valence-corrected chi connectivity index (χ4v) is 2.28. The number of nitrogens with two attached hydrogens (primary N) is 1. The minimum Gasteiger partial charge on any atom is -0.330 e. The van der Waals surface area contributed by atoms with Crippen molar-refractivity contribution in [2.45, 2.75) is 26.3 Å². The summed E-state index contributed by atoms with van der Waals surface area (Å²) in [5, 5.41) is 0. The minimum atomic E-state index is 0.742. The number of hydrogen-bond donors (Lipinski definition) is 1. The van der Waals surface area contributed by atoms with Crippen LogP contribution in [0.4, 0.5) is 0 Å². The van der Waals surface area contributed by atoms with Crippen LogP contribution in [0.15, 0.2) is 18.5 Å². The van der Waals surface area contributed by atoms with E-state index in [-0.39, 0.29) is 0 Å². The lowest BCUT2D eigenvalue weighted by molar-refractivity contribution is 0.180. The van der Waals surface area contributed by atoms with E-state index in [1.165, 1.54) is 37.1 Å². The van der Waals surface area contributed by atoms with E-state index in [1.807, 2.05) is 12.4 Å². The SMILES string of the molecule is Cc1ccncc1CN1CCC(CN)CC1. The molecule has 0 aliphatic carbocycles. The molecule has 0 amide bonds. The van der Waals surface area contributed by atoms with Crippen LogP contribution in [0, 0.1) is 12.8 Å². The molecule has 0 atom stereocenters. The van der Waals surface area contributed by atoms with E-state index < -0.39 is 0 Å². The lowest BCUT2D eigenvalue weighted by atomic mass is 9.96. The molecular formula is C13H21N3. The highest BCUT2D eigenvalue weighted by Crippen LogP contribution is 2.18. The summed E-state index contributed by atoms with van der Waals surface area (Å²) in [5.41, 5.74) is 8.40. The summed E-state index contributed by atoms with van der Waals surface area (Å²) in [6.45, 7) is 6.40. The minimum absolute atomic E-state index is 0.742. The largest absolute Gasteiger partial charge is 0.330 e. The third-order valence-corrected chi connectivity index (χ3v) is 3.58. The van der Waals surface area contributed by atoms with Crippen LogP contribution in [-0.2, 0) is 6.54 Å². The van der Waals surface area contributed by atoms with Gasteiger partial charge in [0.25, 0.3) is 0 Å². The monoisotopic (exact) mass is 219 g/mol. The van der Waals surface area contributed by atoms with E-state index in [9.17, 15) is 0 Å². The first-order valence-corrected chi connectivity index (χ1v) is 6.11. The number of piperidine rings is 1. The molecule has 3 heteroatoms. The Labute approximate surface area is 97.7 Å². The second-order valence-electron chi connectivity index (χ2n) is 4.76. The second kappa shape index (κ2) is 5.41. The van der Waals surface area contributed by atoms with Crippen LogP contribution in [0.3, 0.4) is 0 Å². The van der Waals surface area contributed by atoms with Gasteiger partial charge in [-0.25, -0.2) is 0 Å². The quantitative estimate of drug-likeness (QED) is 0.839. The van der Waals surface area contributed by atoms with E-state index in [0.717, 1.165) is 19.0 Å². The number of rotatable bonds is 3. The van der Waals surface area contributed by atoms with E-state index in [4.69, 9.17) is 5.73 Å². The zero-order chi connectivity index (χ0) is 11.4. The van der Waals surface area contributed by atoms with Gasteiger partial charge in [0.05, 0.1) is 0 Å². The molecule has 2 heterocycles. The predicted octanol–water partition coefficient (Wildman–Crippen LogP) is 1.56. The van der Waals surface area contributed by atoms with Gasteiger partial charge < -0.3 is 5.73 Å². The second-order valence-corrected chi connectivity index (χ2v) is 4.76. The van der Waals surface area contributed by atoms with Crippen LogP contribution >= 0.6 is 0 Å². The van der Waals surface area contributed by atoms with Crippen LogP contribution in [0.25, 0.3) is 0 Å². The molecular weight excluding hydrogens is 198 g/mol. The number of likely N-dealkylation sites (tertiary alicyclic amines) is 1. The van der Waals surface area contributed by atoms with Gasteiger partial charge in [0.1, 0.15) is 0 Å². The van der Waals surface area contributed by atoms with Crippen LogP contribution < -0.4 is 5.73 Å². The highest BCUT2D eigenvalue weighted by molar-refractivity contribution is 5.21. The lowest BCUT2D eigenvalue weighted by Gasteiger charge is -2.31. The molecule has 0 radical (unpaired) electrons. The highest BCUT2D eigenvalue weighted by atomic mass is 15.1. The van der Waals surface area contributed by atoms with Crippen molar-refractivity contribution in [1.29, 1.82) is 0 Å². The average Bonchev–Trinajstić information content (AvgIpc) is 2.33. The van der Waals surface area contributed by atoms with Crippen LogP contribution in [0.5, 0.6) is 0 Å². The Morgan fingerprint density at radius 1 is 1.44 bits per heavy atom. The molecule has 2 rings (SSSR count). The maximum Gasteiger partial charge on any atom is 0.0315 e. The van der Waals surface area contributed by atoms with Gasteiger partial charge in [-0.05, 0) is 62.5 Å². The van der Waals surface area contributed by atoms with Crippen molar-refractivity contribution in [3.05, 3.63) is 29.6 Å². The Hall–Kier alpha value is -0.930. The maximum atomic E-state index is 5.70. The van der Waals surface area contributed by atoms with Gasteiger partial charge in [0, 0.05) is 18.9 Å².